The first kappa shape index (κ1) is 23.9. The summed E-state index contributed by atoms with van der Waals surface area (Å²) in [5.74, 6) is 0.659. The molecule has 8 heteroatoms. The minimum absolute atomic E-state index is 0.0153. The molecule has 190 valence electrons. The number of nitriles is 1. The molecule has 6 rings (SSSR count). The van der Waals surface area contributed by atoms with Crippen LogP contribution in [0.2, 0.25) is 0 Å². The van der Waals surface area contributed by atoms with E-state index < -0.39 is 5.82 Å². The van der Waals surface area contributed by atoms with E-state index in [1.165, 1.54) is 12.1 Å². The number of aromatic nitrogens is 4. The van der Waals surface area contributed by atoms with E-state index in [1.807, 2.05) is 76.2 Å². The first-order valence-corrected chi connectivity index (χ1v) is 12.9. The van der Waals surface area contributed by atoms with Crippen molar-refractivity contribution in [1.82, 2.24) is 19.6 Å². The number of benzene rings is 3. The summed E-state index contributed by atoms with van der Waals surface area (Å²) in [6.07, 6.45) is 6.22. The van der Waals surface area contributed by atoms with Gasteiger partial charge in [0.2, 0.25) is 0 Å². The zero-order chi connectivity index (χ0) is 26.1. The smallest absolute Gasteiger partial charge is 0.149 e. The molecule has 0 unspecified atom stereocenters. The number of nitrogens with zero attached hydrogens (tertiary/aromatic N) is 5. The number of hydrogen-bond acceptors (Lipinski definition) is 5. The molecule has 0 bridgehead atoms. The van der Waals surface area contributed by atoms with E-state index in [9.17, 15) is 9.65 Å². The van der Waals surface area contributed by atoms with Gasteiger partial charge in [-0.1, -0.05) is 30.7 Å². The fourth-order valence-electron chi connectivity index (χ4n) is 5.33. The Bertz CT molecular complexity index is 1630. The molecule has 0 aliphatic heterocycles. The van der Waals surface area contributed by atoms with E-state index >= 15 is 0 Å². The van der Waals surface area contributed by atoms with Gasteiger partial charge in [-0.15, -0.1) is 5.10 Å². The second-order valence-corrected chi connectivity index (χ2v) is 9.94. The van der Waals surface area contributed by atoms with Gasteiger partial charge in [0, 0.05) is 29.6 Å². The van der Waals surface area contributed by atoms with Gasteiger partial charge in [0.05, 0.1) is 34.3 Å². The molecule has 38 heavy (non-hydrogen) atoms. The van der Waals surface area contributed by atoms with Crippen molar-refractivity contribution in [3.8, 4) is 28.7 Å². The van der Waals surface area contributed by atoms with E-state index in [0.29, 0.717) is 17.3 Å². The van der Waals surface area contributed by atoms with Gasteiger partial charge >= 0.3 is 0 Å². The molecule has 1 aliphatic rings. The maximum Gasteiger partial charge on any atom is 0.149 e. The lowest BCUT2D eigenvalue weighted by Crippen LogP contribution is -2.31. The van der Waals surface area contributed by atoms with Crippen molar-refractivity contribution >= 4 is 16.7 Å². The highest BCUT2D eigenvalue weighted by Crippen LogP contribution is 2.30. The fraction of sp³-hybridized carbons (Fsp3) is 0.233. The van der Waals surface area contributed by atoms with Crippen molar-refractivity contribution in [3.05, 3.63) is 90.4 Å². The Balaban J connectivity index is 1.38. The van der Waals surface area contributed by atoms with Gasteiger partial charge in [-0.2, -0.15) is 10.4 Å². The van der Waals surface area contributed by atoms with E-state index in [4.69, 9.17) is 10.8 Å². The Morgan fingerprint density at radius 1 is 1.00 bits per heavy atom. The lowest BCUT2D eigenvalue weighted by molar-refractivity contribution is 0.335. The van der Waals surface area contributed by atoms with E-state index in [1.54, 1.807) is 6.07 Å². The van der Waals surface area contributed by atoms with Crippen LogP contribution in [0.15, 0.2) is 79.0 Å². The molecule has 3 aromatic carbocycles. The third-order valence-corrected chi connectivity index (χ3v) is 7.29. The number of nitrogens with two attached hydrogens (primary N) is 1. The van der Waals surface area contributed by atoms with Gasteiger partial charge in [0.1, 0.15) is 17.7 Å². The maximum atomic E-state index is 14.6. The van der Waals surface area contributed by atoms with E-state index in [2.05, 4.69) is 10.4 Å². The number of hydrogen-bond donors (Lipinski definition) is 2. The Morgan fingerprint density at radius 3 is 2.66 bits per heavy atom. The van der Waals surface area contributed by atoms with Crippen molar-refractivity contribution in [1.29, 1.82) is 5.26 Å². The molecular weight excluding hydrogens is 477 g/mol. The lowest BCUT2D eigenvalue weighted by atomic mass is 9.86. The molecule has 2 atom stereocenters. The van der Waals surface area contributed by atoms with Crippen molar-refractivity contribution in [3.63, 3.8) is 0 Å². The Kier molecular flexibility index (Phi) is 6.36. The lowest BCUT2D eigenvalue weighted by Gasteiger charge is -2.26. The maximum absolute atomic E-state index is 14.6. The van der Waals surface area contributed by atoms with Crippen molar-refractivity contribution in [2.24, 2.45) is 11.7 Å². The molecule has 0 amide bonds. The van der Waals surface area contributed by atoms with Crippen molar-refractivity contribution < 1.29 is 4.39 Å². The summed E-state index contributed by atoms with van der Waals surface area (Å²) >= 11 is 0. The van der Waals surface area contributed by atoms with Crippen LogP contribution in [-0.2, 0) is 0 Å². The average Bonchev–Trinajstić information content (AvgIpc) is 3.57. The van der Waals surface area contributed by atoms with Gasteiger partial charge in [-0.25, -0.2) is 13.8 Å². The normalized spacial score (nSPS) is 17.4. The SMILES string of the molecule is N#Cc1ccc(-c2cc(NC[C@H]3CCC[C@H](N)C3)nn2-c2ccc3c(cnn3-c3ccccc3)c2)cc1F. The molecule has 0 saturated heterocycles. The highest BCUT2D eigenvalue weighted by molar-refractivity contribution is 5.83. The summed E-state index contributed by atoms with van der Waals surface area (Å²) in [6.45, 7) is 0.786. The molecule has 1 fully saturated rings. The molecule has 2 heterocycles. The molecule has 3 N–H and O–H groups in total. The van der Waals surface area contributed by atoms with Gasteiger partial charge in [0.25, 0.3) is 0 Å². The molecule has 1 aliphatic carbocycles. The van der Waals surface area contributed by atoms with Gasteiger partial charge in [-0.05, 0) is 67.6 Å². The second kappa shape index (κ2) is 10.1. The molecule has 5 aromatic rings. The van der Waals surface area contributed by atoms with Crippen molar-refractivity contribution in [2.45, 2.75) is 31.7 Å². The molecule has 1 saturated carbocycles. The second-order valence-electron chi connectivity index (χ2n) is 9.94. The Labute approximate surface area is 220 Å². The van der Waals surface area contributed by atoms with E-state index in [-0.39, 0.29) is 11.6 Å². The zero-order valence-electron chi connectivity index (χ0n) is 20.9. The third kappa shape index (κ3) is 4.64. The predicted molar refractivity (Wildman–Crippen MR) is 147 cm³/mol. The first-order valence-electron chi connectivity index (χ1n) is 12.9. The summed E-state index contributed by atoms with van der Waals surface area (Å²) in [5.41, 5.74) is 10.4. The van der Waals surface area contributed by atoms with Crippen LogP contribution >= 0.6 is 0 Å². The van der Waals surface area contributed by atoms with Crippen LogP contribution in [0.3, 0.4) is 0 Å². The zero-order valence-corrected chi connectivity index (χ0v) is 20.9. The monoisotopic (exact) mass is 505 g/mol. The highest BCUT2D eigenvalue weighted by Gasteiger charge is 2.20. The standard InChI is InChI=1S/C30H28FN7/c31-27-15-21(9-10-22(27)17-32)29-16-30(34-18-20-5-4-6-24(33)13-20)36-38(29)26-11-12-28-23(14-26)19-35-37(28)25-7-2-1-3-8-25/h1-3,7-12,14-16,19-20,24H,4-6,13,18,33H2,(H,34,36)/t20-,24-/m0/s1. The van der Waals surface area contributed by atoms with Gasteiger partial charge in [0.15, 0.2) is 0 Å². The summed E-state index contributed by atoms with van der Waals surface area (Å²) < 4.78 is 18.3. The summed E-state index contributed by atoms with van der Waals surface area (Å²) in [7, 11) is 0. The largest absolute Gasteiger partial charge is 0.368 e. The van der Waals surface area contributed by atoms with Crippen LogP contribution in [0.4, 0.5) is 10.2 Å². The quantitative estimate of drug-likeness (QED) is 0.303. The van der Waals surface area contributed by atoms with Crippen molar-refractivity contribution in [2.75, 3.05) is 11.9 Å². The number of nitrogens with one attached hydrogen (secondary N) is 1. The van der Waals surface area contributed by atoms with Crippen LogP contribution < -0.4 is 11.1 Å². The average molecular weight is 506 g/mol. The fourth-order valence-corrected chi connectivity index (χ4v) is 5.33. The highest BCUT2D eigenvalue weighted by atomic mass is 19.1. The Hall–Kier alpha value is -4.48. The van der Waals surface area contributed by atoms with Gasteiger partial charge < -0.3 is 11.1 Å². The number of fused-ring (bicyclic) bond motifs is 1. The van der Waals surface area contributed by atoms with Crippen LogP contribution in [0.1, 0.15) is 31.2 Å². The van der Waals surface area contributed by atoms with E-state index in [0.717, 1.165) is 60.2 Å². The minimum atomic E-state index is -0.553. The van der Waals surface area contributed by atoms with Gasteiger partial charge in [-0.3, -0.25) is 0 Å². The molecule has 0 spiro atoms. The number of para-hydroxylation sites is 1. The van der Waals surface area contributed by atoms with Crippen LogP contribution in [0.25, 0.3) is 33.5 Å². The third-order valence-electron chi connectivity index (χ3n) is 7.29. The molecule has 7 nitrogen and oxygen atoms in total. The number of anilines is 1. The Morgan fingerprint density at radius 2 is 1.87 bits per heavy atom. The minimum Gasteiger partial charge on any atom is -0.368 e. The topological polar surface area (TPSA) is 97.5 Å². The van der Waals surface area contributed by atoms with Crippen LogP contribution in [0.5, 0.6) is 0 Å². The number of halogens is 1. The summed E-state index contributed by atoms with van der Waals surface area (Å²) in [4.78, 5) is 0. The summed E-state index contributed by atoms with van der Waals surface area (Å²) in [5, 5.41) is 23.1. The molecule has 0 radical (unpaired) electrons. The molecular formula is C30H28FN7. The van der Waals surface area contributed by atoms with Crippen LogP contribution in [-0.4, -0.2) is 32.1 Å². The molecule has 2 aromatic heterocycles. The first-order chi connectivity index (χ1) is 18.6. The predicted octanol–water partition coefficient (Wildman–Crippen LogP) is 5.82. The van der Waals surface area contributed by atoms with Crippen LogP contribution in [0, 0.1) is 23.1 Å². The summed E-state index contributed by atoms with van der Waals surface area (Å²) in [6, 6.07) is 24.8. The number of rotatable bonds is 6.